The molecule has 1 amide bonds. The highest BCUT2D eigenvalue weighted by Gasteiger charge is 2.29. The van der Waals surface area contributed by atoms with Gasteiger partial charge in [0.25, 0.3) is 11.8 Å². The first-order chi connectivity index (χ1) is 22.2. The number of alkyl halides is 2. The molecule has 0 saturated heterocycles. The summed E-state index contributed by atoms with van der Waals surface area (Å²) in [6, 6.07) is 26.7. The van der Waals surface area contributed by atoms with E-state index >= 15 is 4.39 Å². The van der Waals surface area contributed by atoms with Crippen molar-refractivity contribution >= 4 is 27.3 Å². The van der Waals surface area contributed by atoms with Crippen molar-refractivity contribution in [2.24, 2.45) is 0 Å². The summed E-state index contributed by atoms with van der Waals surface area (Å²) in [6.07, 6.45) is 1.33. The Balaban J connectivity index is 1.60. The van der Waals surface area contributed by atoms with Crippen molar-refractivity contribution < 1.29 is 31.1 Å². The van der Waals surface area contributed by atoms with Crippen LogP contribution < -0.4 is 4.74 Å². The molecule has 250 valence electrons. The molecular weight excluding hydrogens is 649 g/mol. The zero-order chi connectivity index (χ0) is 34.4. The molecule has 0 aromatic heterocycles. The Morgan fingerprint density at radius 1 is 0.936 bits per heavy atom. The van der Waals surface area contributed by atoms with Gasteiger partial charge in [0, 0.05) is 64.5 Å². The van der Waals surface area contributed by atoms with E-state index in [1.165, 1.54) is 20.2 Å². The second kappa shape index (κ2) is 15.4. The van der Waals surface area contributed by atoms with Gasteiger partial charge in [0.1, 0.15) is 11.6 Å². The molecule has 0 fully saturated rings. The standard InChI is InChI=1S/C36H38ClF3N2O4S/c1-36(39,40)30-18-11-17-27(34(30)37)23-42(24-29(25-13-7-5-8-14-25)26-15-9-6-10-16-26)19-12-20-46-28-21-31(38)33(35(43)41(2)3)32(22-28)47(4,44)45/h5-11,13-18,21-22,29H,12,19-20,23-24H2,1-4H3. The fraction of sp³-hybridized carbons (Fsp3) is 0.306. The van der Waals surface area contributed by atoms with Crippen molar-refractivity contribution in [1.82, 2.24) is 9.80 Å². The van der Waals surface area contributed by atoms with Crippen molar-refractivity contribution in [1.29, 1.82) is 0 Å². The van der Waals surface area contributed by atoms with E-state index in [1.54, 1.807) is 12.1 Å². The van der Waals surface area contributed by atoms with E-state index in [0.717, 1.165) is 41.3 Å². The minimum atomic E-state index is -3.96. The molecule has 0 spiro atoms. The van der Waals surface area contributed by atoms with Crippen molar-refractivity contribution in [3.8, 4) is 5.75 Å². The van der Waals surface area contributed by atoms with Gasteiger partial charge in [0.15, 0.2) is 9.84 Å². The van der Waals surface area contributed by atoms with Gasteiger partial charge in [-0.25, -0.2) is 21.6 Å². The smallest absolute Gasteiger partial charge is 0.271 e. The molecule has 0 saturated carbocycles. The van der Waals surface area contributed by atoms with Crippen LogP contribution in [0.25, 0.3) is 0 Å². The predicted octanol–water partition coefficient (Wildman–Crippen LogP) is 7.80. The molecule has 0 radical (unpaired) electrons. The fourth-order valence-electron chi connectivity index (χ4n) is 5.39. The van der Waals surface area contributed by atoms with Crippen LogP contribution in [0.5, 0.6) is 5.75 Å². The van der Waals surface area contributed by atoms with Crippen LogP contribution in [0.2, 0.25) is 5.02 Å². The number of sulfone groups is 1. The first kappa shape index (κ1) is 36.0. The lowest BCUT2D eigenvalue weighted by Crippen LogP contribution is -2.31. The lowest BCUT2D eigenvalue weighted by atomic mass is 9.90. The molecule has 6 nitrogen and oxygen atoms in total. The van der Waals surface area contributed by atoms with E-state index in [1.807, 2.05) is 60.7 Å². The Hall–Kier alpha value is -3.86. The number of amides is 1. The first-order valence-corrected chi connectivity index (χ1v) is 17.3. The highest BCUT2D eigenvalue weighted by Crippen LogP contribution is 2.36. The number of rotatable bonds is 14. The molecule has 0 atom stereocenters. The monoisotopic (exact) mass is 686 g/mol. The molecule has 0 aliphatic carbocycles. The lowest BCUT2D eigenvalue weighted by Gasteiger charge is -2.29. The van der Waals surface area contributed by atoms with E-state index < -0.39 is 37.9 Å². The van der Waals surface area contributed by atoms with Gasteiger partial charge in [0.2, 0.25) is 0 Å². The van der Waals surface area contributed by atoms with E-state index in [2.05, 4.69) is 4.90 Å². The Kier molecular flexibility index (Phi) is 11.8. The van der Waals surface area contributed by atoms with Gasteiger partial charge in [0.05, 0.1) is 22.1 Å². The zero-order valence-corrected chi connectivity index (χ0v) is 28.3. The van der Waals surface area contributed by atoms with E-state index in [-0.39, 0.29) is 35.4 Å². The van der Waals surface area contributed by atoms with E-state index in [9.17, 15) is 22.0 Å². The summed E-state index contributed by atoms with van der Waals surface area (Å²) in [5.41, 5.74) is 1.92. The Labute approximate surface area is 279 Å². The minimum Gasteiger partial charge on any atom is -0.493 e. The van der Waals surface area contributed by atoms with Crippen molar-refractivity contribution in [3.05, 3.63) is 130 Å². The van der Waals surface area contributed by atoms with E-state index in [0.29, 0.717) is 25.1 Å². The summed E-state index contributed by atoms with van der Waals surface area (Å²) in [4.78, 5) is 15.3. The van der Waals surface area contributed by atoms with Gasteiger partial charge >= 0.3 is 0 Å². The number of hydrogen-bond acceptors (Lipinski definition) is 5. The summed E-state index contributed by atoms with van der Waals surface area (Å²) in [7, 11) is -1.15. The average Bonchev–Trinajstić information content (AvgIpc) is 3.01. The quantitative estimate of drug-likeness (QED) is 0.127. The number of carbonyl (C=O) groups is 1. The van der Waals surface area contributed by atoms with Crippen LogP contribution >= 0.6 is 11.6 Å². The Morgan fingerprint density at radius 3 is 2.06 bits per heavy atom. The molecule has 0 aliphatic rings. The van der Waals surface area contributed by atoms with Gasteiger partial charge in [-0.05, 0) is 29.2 Å². The number of nitrogens with zero attached hydrogens (tertiary/aromatic N) is 2. The van der Waals surface area contributed by atoms with Crippen LogP contribution in [0.4, 0.5) is 13.2 Å². The summed E-state index contributed by atoms with van der Waals surface area (Å²) in [6.45, 7) is 2.13. The molecule has 47 heavy (non-hydrogen) atoms. The Bertz CT molecular complexity index is 1740. The van der Waals surface area contributed by atoms with Gasteiger partial charge in [-0.3, -0.25) is 9.69 Å². The van der Waals surface area contributed by atoms with Gasteiger partial charge < -0.3 is 9.64 Å². The highest BCUT2D eigenvalue weighted by molar-refractivity contribution is 7.90. The fourth-order valence-corrected chi connectivity index (χ4v) is 6.63. The van der Waals surface area contributed by atoms with Crippen LogP contribution in [0, 0.1) is 5.82 Å². The maximum absolute atomic E-state index is 15.1. The highest BCUT2D eigenvalue weighted by atomic mass is 35.5. The van der Waals surface area contributed by atoms with Crippen LogP contribution in [-0.2, 0) is 22.3 Å². The summed E-state index contributed by atoms with van der Waals surface area (Å²) in [5.74, 6) is -4.98. The maximum atomic E-state index is 15.1. The topological polar surface area (TPSA) is 66.9 Å². The second-order valence-electron chi connectivity index (χ2n) is 11.7. The number of halogens is 4. The normalized spacial score (nSPS) is 12.0. The Morgan fingerprint density at radius 2 is 1.53 bits per heavy atom. The van der Waals surface area contributed by atoms with Crippen molar-refractivity contribution in [2.75, 3.05) is 40.0 Å². The third-order valence-corrected chi connectivity index (χ3v) is 9.29. The van der Waals surface area contributed by atoms with Gasteiger partial charge in [-0.1, -0.05) is 90.5 Å². The summed E-state index contributed by atoms with van der Waals surface area (Å²) >= 11 is 6.53. The number of benzene rings is 4. The predicted molar refractivity (Wildman–Crippen MR) is 179 cm³/mol. The number of carbonyl (C=O) groups excluding carboxylic acids is 1. The maximum Gasteiger partial charge on any atom is 0.271 e. The minimum absolute atomic E-state index is 0.00774. The molecule has 0 N–H and O–H groups in total. The molecule has 0 heterocycles. The average molecular weight is 687 g/mol. The van der Waals surface area contributed by atoms with Crippen LogP contribution in [0.3, 0.4) is 0 Å². The SMILES string of the molecule is CN(C)C(=O)c1c(F)cc(OCCCN(Cc2cccc(C(C)(F)F)c2Cl)CC(c2ccccc2)c2ccccc2)cc1S(C)(=O)=O. The second-order valence-corrected chi connectivity index (χ2v) is 14.1. The van der Waals surface area contributed by atoms with Gasteiger partial charge in [-0.15, -0.1) is 0 Å². The van der Waals surface area contributed by atoms with Crippen molar-refractivity contribution in [2.45, 2.75) is 36.6 Å². The van der Waals surface area contributed by atoms with Crippen LogP contribution in [0.1, 0.15) is 51.9 Å². The molecule has 0 aliphatic heterocycles. The molecule has 4 rings (SSSR count). The lowest BCUT2D eigenvalue weighted by molar-refractivity contribution is 0.0174. The number of hydrogen-bond donors (Lipinski definition) is 0. The molecule has 0 unspecified atom stereocenters. The molecular formula is C36H38ClF3N2O4S. The third kappa shape index (κ3) is 9.37. The molecule has 4 aromatic carbocycles. The van der Waals surface area contributed by atoms with E-state index in [4.69, 9.17) is 16.3 Å². The summed E-state index contributed by atoms with van der Waals surface area (Å²) in [5, 5.41) is 0.00774. The molecule has 11 heteroatoms. The van der Waals surface area contributed by atoms with Crippen LogP contribution in [0.15, 0.2) is 95.9 Å². The zero-order valence-electron chi connectivity index (χ0n) is 26.7. The summed E-state index contributed by atoms with van der Waals surface area (Å²) < 4.78 is 74.5. The van der Waals surface area contributed by atoms with Gasteiger partial charge in [-0.2, -0.15) is 0 Å². The van der Waals surface area contributed by atoms with Crippen LogP contribution in [-0.4, -0.2) is 64.2 Å². The number of ether oxygens (including phenoxy) is 1. The molecule has 0 bridgehead atoms. The van der Waals surface area contributed by atoms with Crippen molar-refractivity contribution in [3.63, 3.8) is 0 Å². The first-order valence-electron chi connectivity index (χ1n) is 15.0. The largest absolute Gasteiger partial charge is 0.493 e. The molecule has 4 aromatic rings. The third-order valence-electron chi connectivity index (χ3n) is 7.72.